The molecule has 84 valence electrons. The highest BCUT2D eigenvalue weighted by molar-refractivity contribution is 5.57. The van der Waals surface area contributed by atoms with Gasteiger partial charge in [0.05, 0.1) is 19.3 Å². The molecule has 0 aliphatic rings. The van der Waals surface area contributed by atoms with E-state index >= 15 is 0 Å². The summed E-state index contributed by atoms with van der Waals surface area (Å²) >= 11 is 0. The number of aliphatic hydroxyl groups excluding tert-OH is 1. The predicted octanol–water partition coefficient (Wildman–Crippen LogP) is 0.996. The molecule has 0 aliphatic heterocycles. The quantitative estimate of drug-likeness (QED) is 0.634. The molecule has 1 aromatic rings. The van der Waals surface area contributed by atoms with E-state index in [0.717, 1.165) is 16.9 Å². The number of ether oxygens (including phenoxy) is 1. The molecule has 4 nitrogen and oxygen atoms in total. The van der Waals surface area contributed by atoms with E-state index in [1.54, 1.807) is 7.11 Å². The van der Waals surface area contributed by atoms with Gasteiger partial charge in [0.25, 0.3) is 0 Å². The summed E-state index contributed by atoms with van der Waals surface area (Å²) < 4.78 is 4.98. The fourth-order valence-corrected chi connectivity index (χ4v) is 1.41. The molecule has 0 amide bonds. The second-order valence-corrected chi connectivity index (χ2v) is 3.55. The van der Waals surface area contributed by atoms with Crippen LogP contribution < -0.4 is 11.1 Å². The third kappa shape index (κ3) is 3.42. The van der Waals surface area contributed by atoms with Crippen molar-refractivity contribution in [1.29, 1.82) is 0 Å². The predicted molar refractivity (Wildman–Crippen MR) is 62.0 cm³/mol. The molecule has 1 aromatic carbocycles. The first-order valence-electron chi connectivity index (χ1n) is 4.90. The van der Waals surface area contributed by atoms with Crippen LogP contribution in [0, 0.1) is 6.92 Å². The zero-order chi connectivity index (χ0) is 11.3. The summed E-state index contributed by atoms with van der Waals surface area (Å²) in [6.45, 7) is 2.48. The monoisotopic (exact) mass is 210 g/mol. The van der Waals surface area contributed by atoms with Gasteiger partial charge >= 0.3 is 0 Å². The van der Waals surface area contributed by atoms with Gasteiger partial charge in [-0.25, -0.2) is 0 Å². The first kappa shape index (κ1) is 11.8. The Bertz CT molecular complexity index is 315. The summed E-state index contributed by atoms with van der Waals surface area (Å²) in [6.07, 6.45) is 0. The zero-order valence-electron chi connectivity index (χ0n) is 9.16. The molecule has 0 aromatic heterocycles. The summed E-state index contributed by atoms with van der Waals surface area (Å²) in [5, 5.41) is 12.3. The minimum atomic E-state index is -0.0858. The van der Waals surface area contributed by atoms with E-state index in [4.69, 9.17) is 15.6 Å². The highest BCUT2D eigenvalue weighted by Crippen LogP contribution is 2.18. The number of anilines is 2. The van der Waals surface area contributed by atoms with Crippen LogP contribution in [0.1, 0.15) is 5.56 Å². The minimum Gasteiger partial charge on any atom is -0.399 e. The molecule has 0 bridgehead atoms. The summed E-state index contributed by atoms with van der Waals surface area (Å²) in [6, 6.07) is 5.54. The van der Waals surface area contributed by atoms with Crippen molar-refractivity contribution >= 4 is 11.4 Å². The summed E-state index contributed by atoms with van der Waals surface area (Å²) in [4.78, 5) is 0. The number of aryl methyl sites for hydroxylation is 1. The van der Waals surface area contributed by atoms with Crippen molar-refractivity contribution in [3.8, 4) is 0 Å². The molecule has 1 atom stereocenters. The molecular weight excluding hydrogens is 192 g/mol. The highest BCUT2D eigenvalue weighted by atomic mass is 16.5. The maximum absolute atomic E-state index is 9.10. The van der Waals surface area contributed by atoms with Gasteiger partial charge in [0.2, 0.25) is 0 Å². The molecular formula is C11H18N2O2. The number of benzene rings is 1. The van der Waals surface area contributed by atoms with Gasteiger partial charge in [-0.15, -0.1) is 0 Å². The lowest BCUT2D eigenvalue weighted by atomic mass is 10.1. The minimum absolute atomic E-state index is 0.0393. The fourth-order valence-electron chi connectivity index (χ4n) is 1.41. The molecule has 0 fully saturated rings. The maximum Gasteiger partial charge on any atom is 0.0725 e. The lowest BCUT2D eigenvalue weighted by Crippen LogP contribution is -2.29. The molecule has 0 heterocycles. The van der Waals surface area contributed by atoms with Crippen LogP contribution in [0.2, 0.25) is 0 Å². The van der Waals surface area contributed by atoms with Crippen LogP contribution in [0.3, 0.4) is 0 Å². The third-order valence-corrected chi connectivity index (χ3v) is 2.20. The van der Waals surface area contributed by atoms with Gasteiger partial charge in [0, 0.05) is 18.5 Å². The number of nitrogen functional groups attached to an aromatic ring is 1. The van der Waals surface area contributed by atoms with Gasteiger partial charge in [0.1, 0.15) is 0 Å². The van der Waals surface area contributed by atoms with Crippen LogP contribution in [0.5, 0.6) is 0 Å². The van der Waals surface area contributed by atoms with Crippen LogP contribution in [0.25, 0.3) is 0 Å². The lowest BCUT2D eigenvalue weighted by molar-refractivity contribution is 0.153. The molecule has 4 N–H and O–H groups in total. The number of hydrogen-bond donors (Lipinski definition) is 3. The summed E-state index contributed by atoms with van der Waals surface area (Å²) in [5.41, 5.74) is 8.42. The molecule has 0 saturated heterocycles. The highest BCUT2D eigenvalue weighted by Gasteiger charge is 2.07. The zero-order valence-corrected chi connectivity index (χ0v) is 9.16. The molecule has 1 rings (SSSR count). The average molecular weight is 210 g/mol. The van der Waals surface area contributed by atoms with Gasteiger partial charge in [-0.3, -0.25) is 0 Å². The Hall–Kier alpha value is -1.26. The van der Waals surface area contributed by atoms with Gasteiger partial charge < -0.3 is 20.9 Å². The second-order valence-electron chi connectivity index (χ2n) is 3.55. The number of aliphatic hydroxyl groups is 1. The Morgan fingerprint density at radius 1 is 1.53 bits per heavy atom. The summed E-state index contributed by atoms with van der Waals surface area (Å²) in [7, 11) is 1.61. The Kier molecular flexibility index (Phi) is 4.39. The van der Waals surface area contributed by atoms with Gasteiger partial charge in [-0.2, -0.15) is 0 Å². The van der Waals surface area contributed by atoms with E-state index in [2.05, 4.69) is 5.32 Å². The average Bonchev–Trinajstić information content (AvgIpc) is 2.21. The van der Waals surface area contributed by atoms with Crippen molar-refractivity contribution in [1.82, 2.24) is 0 Å². The van der Waals surface area contributed by atoms with E-state index in [0.29, 0.717) is 6.61 Å². The van der Waals surface area contributed by atoms with Crippen molar-refractivity contribution in [3.63, 3.8) is 0 Å². The first-order valence-corrected chi connectivity index (χ1v) is 4.90. The topological polar surface area (TPSA) is 67.5 Å². The summed E-state index contributed by atoms with van der Waals surface area (Å²) in [5.74, 6) is 0. The van der Waals surface area contributed by atoms with E-state index in [-0.39, 0.29) is 12.6 Å². The van der Waals surface area contributed by atoms with Crippen LogP contribution in [-0.4, -0.2) is 31.5 Å². The van der Waals surface area contributed by atoms with Crippen molar-refractivity contribution < 1.29 is 9.84 Å². The normalized spacial score (nSPS) is 12.5. The first-order chi connectivity index (χ1) is 7.17. The smallest absolute Gasteiger partial charge is 0.0725 e. The molecule has 0 radical (unpaired) electrons. The molecule has 1 unspecified atom stereocenters. The van der Waals surface area contributed by atoms with Gasteiger partial charge in [0.15, 0.2) is 0 Å². The van der Waals surface area contributed by atoms with Crippen molar-refractivity contribution in [3.05, 3.63) is 23.8 Å². The lowest BCUT2D eigenvalue weighted by Gasteiger charge is -2.18. The SMILES string of the molecule is COCC(CO)Nc1ccc(N)cc1C. The van der Waals surface area contributed by atoms with E-state index in [1.165, 1.54) is 0 Å². The van der Waals surface area contributed by atoms with Crippen LogP contribution in [-0.2, 0) is 4.74 Å². The largest absolute Gasteiger partial charge is 0.399 e. The Morgan fingerprint density at radius 2 is 2.27 bits per heavy atom. The van der Waals surface area contributed by atoms with Crippen molar-refractivity contribution in [2.24, 2.45) is 0 Å². The maximum atomic E-state index is 9.10. The number of nitrogens with one attached hydrogen (secondary N) is 1. The Morgan fingerprint density at radius 3 is 2.80 bits per heavy atom. The number of nitrogens with two attached hydrogens (primary N) is 1. The standard InChI is InChI=1S/C11H18N2O2/c1-8-5-9(12)3-4-11(8)13-10(6-14)7-15-2/h3-5,10,13-14H,6-7,12H2,1-2H3. The number of methoxy groups -OCH3 is 1. The van der Waals surface area contributed by atoms with E-state index in [9.17, 15) is 0 Å². The Balaban J connectivity index is 2.70. The Labute approximate surface area is 90.1 Å². The van der Waals surface area contributed by atoms with E-state index < -0.39 is 0 Å². The molecule has 4 heteroatoms. The van der Waals surface area contributed by atoms with Gasteiger partial charge in [-0.1, -0.05) is 0 Å². The van der Waals surface area contributed by atoms with Crippen molar-refractivity contribution in [2.45, 2.75) is 13.0 Å². The molecule has 15 heavy (non-hydrogen) atoms. The van der Waals surface area contributed by atoms with Crippen molar-refractivity contribution in [2.75, 3.05) is 31.4 Å². The molecule has 0 spiro atoms. The molecule has 0 aliphatic carbocycles. The number of rotatable bonds is 5. The van der Waals surface area contributed by atoms with Crippen LogP contribution >= 0.6 is 0 Å². The van der Waals surface area contributed by atoms with E-state index in [1.807, 2.05) is 25.1 Å². The second kappa shape index (κ2) is 5.58. The van der Waals surface area contributed by atoms with Crippen LogP contribution in [0.15, 0.2) is 18.2 Å². The fraction of sp³-hybridized carbons (Fsp3) is 0.455. The van der Waals surface area contributed by atoms with Gasteiger partial charge in [-0.05, 0) is 30.7 Å². The third-order valence-electron chi connectivity index (χ3n) is 2.20. The number of hydrogen-bond acceptors (Lipinski definition) is 4. The molecule has 0 saturated carbocycles. The van der Waals surface area contributed by atoms with Crippen LogP contribution in [0.4, 0.5) is 11.4 Å².